The molecule has 7 heteroatoms. The molecule has 1 atom stereocenters. The number of hydrogen-bond acceptors (Lipinski definition) is 3. The van der Waals surface area contributed by atoms with Crippen LogP contribution in [-0.2, 0) is 17.0 Å². The van der Waals surface area contributed by atoms with E-state index in [4.69, 9.17) is 10.5 Å². The third-order valence-corrected chi connectivity index (χ3v) is 4.29. The second-order valence-corrected chi connectivity index (χ2v) is 5.64. The van der Waals surface area contributed by atoms with Crippen LogP contribution in [-0.4, -0.2) is 4.21 Å². The lowest BCUT2D eigenvalue weighted by Gasteiger charge is -2.08. The van der Waals surface area contributed by atoms with Gasteiger partial charge in [0.25, 0.3) is 0 Å². The van der Waals surface area contributed by atoms with Gasteiger partial charge in [0, 0.05) is 4.90 Å². The third-order valence-electron chi connectivity index (χ3n) is 2.85. The number of benzene rings is 2. The van der Waals surface area contributed by atoms with Gasteiger partial charge in [0.05, 0.1) is 32.4 Å². The average molecular weight is 320 g/mol. The largest absolute Gasteiger partial charge is 0.416 e. The van der Waals surface area contributed by atoms with E-state index < -0.39 is 22.5 Å². The molecular formula is C15H7F3N2OS. The molecule has 110 valence electrons. The maximum absolute atomic E-state index is 12.5. The fourth-order valence-electron chi connectivity index (χ4n) is 1.79. The van der Waals surface area contributed by atoms with Crippen molar-refractivity contribution >= 4 is 10.8 Å². The van der Waals surface area contributed by atoms with Crippen LogP contribution in [0.25, 0.3) is 0 Å². The highest BCUT2D eigenvalue weighted by Crippen LogP contribution is 2.30. The van der Waals surface area contributed by atoms with Gasteiger partial charge in [-0.25, -0.2) is 4.21 Å². The molecular weight excluding hydrogens is 313 g/mol. The smallest absolute Gasteiger partial charge is 0.249 e. The number of nitriles is 2. The molecule has 0 aliphatic carbocycles. The Morgan fingerprint density at radius 2 is 1.59 bits per heavy atom. The molecule has 0 N–H and O–H groups in total. The molecule has 0 bridgehead atoms. The normalized spacial score (nSPS) is 12.2. The van der Waals surface area contributed by atoms with Gasteiger partial charge in [0.2, 0.25) is 0 Å². The van der Waals surface area contributed by atoms with Crippen LogP contribution in [0.2, 0.25) is 0 Å². The summed E-state index contributed by atoms with van der Waals surface area (Å²) < 4.78 is 49.9. The second-order valence-electron chi connectivity index (χ2n) is 4.19. The fraction of sp³-hybridized carbons (Fsp3) is 0.0667. The minimum absolute atomic E-state index is 0.0387. The van der Waals surface area contributed by atoms with Crippen molar-refractivity contribution in [3.8, 4) is 12.1 Å². The number of hydrogen-bond donors (Lipinski definition) is 0. The molecule has 0 aromatic heterocycles. The molecule has 0 heterocycles. The number of halogens is 3. The van der Waals surface area contributed by atoms with Crippen molar-refractivity contribution in [1.29, 1.82) is 10.5 Å². The summed E-state index contributed by atoms with van der Waals surface area (Å²) in [5, 5.41) is 18.0. The first-order valence-electron chi connectivity index (χ1n) is 5.90. The zero-order valence-electron chi connectivity index (χ0n) is 10.9. The quantitative estimate of drug-likeness (QED) is 0.849. The summed E-state index contributed by atoms with van der Waals surface area (Å²) in [7, 11) is -1.85. The molecule has 0 amide bonds. The van der Waals surface area contributed by atoms with E-state index in [1.807, 2.05) is 6.07 Å². The van der Waals surface area contributed by atoms with E-state index >= 15 is 0 Å². The van der Waals surface area contributed by atoms with Crippen LogP contribution >= 0.6 is 0 Å². The average Bonchev–Trinajstić information content (AvgIpc) is 2.52. The van der Waals surface area contributed by atoms with Crippen LogP contribution in [0.1, 0.15) is 16.7 Å². The number of rotatable bonds is 2. The van der Waals surface area contributed by atoms with E-state index in [1.165, 1.54) is 18.2 Å². The van der Waals surface area contributed by atoms with Gasteiger partial charge in [0.15, 0.2) is 0 Å². The maximum Gasteiger partial charge on any atom is 0.416 e. The van der Waals surface area contributed by atoms with Crippen molar-refractivity contribution in [2.75, 3.05) is 0 Å². The topological polar surface area (TPSA) is 64.7 Å². The molecule has 2 aromatic rings. The summed E-state index contributed by atoms with van der Waals surface area (Å²) in [5.41, 5.74) is -0.817. The van der Waals surface area contributed by atoms with Crippen molar-refractivity contribution in [3.05, 3.63) is 59.2 Å². The minimum atomic E-state index is -4.47. The zero-order chi connectivity index (χ0) is 16.3. The predicted octanol–water partition coefficient (Wildman–Crippen LogP) is 3.62. The van der Waals surface area contributed by atoms with Crippen LogP contribution in [0.15, 0.2) is 52.3 Å². The molecule has 0 spiro atoms. The summed E-state index contributed by atoms with van der Waals surface area (Å²) >= 11 is 0. The van der Waals surface area contributed by atoms with Crippen LogP contribution < -0.4 is 0 Å². The van der Waals surface area contributed by atoms with Gasteiger partial charge in [-0.15, -0.1) is 0 Å². The summed E-state index contributed by atoms with van der Waals surface area (Å²) in [6.45, 7) is 0. The first kappa shape index (κ1) is 15.7. The van der Waals surface area contributed by atoms with Crippen LogP contribution in [0.4, 0.5) is 13.2 Å². The number of alkyl halides is 3. The van der Waals surface area contributed by atoms with Gasteiger partial charge in [-0.2, -0.15) is 23.7 Å². The highest BCUT2D eigenvalue weighted by molar-refractivity contribution is 7.85. The Balaban J connectivity index is 2.46. The molecule has 2 rings (SSSR count). The number of nitrogens with zero attached hydrogens (tertiary/aromatic N) is 2. The van der Waals surface area contributed by atoms with Crippen molar-refractivity contribution in [1.82, 2.24) is 0 Å². The Labute approximate surface area is 126 Å². The van der Waals surface area contributed by atoms with E-state index in [-0.39, 0.29) is 20.9 Å². The monoisotopic (exact) mass is 320 g/mol. The first-order valence-corrected chi connectivity index (χ1v) is 7.05. The van der Waals surface area contributed by atoms with E-state index in [0.29, 0.717) is 0 Å². The highest BCUT2D eigenvalue weighted by Gasteiger charge is 2.30. The van der Waals surface area contributed by atoms with Gasteiger partial charge in [0.1, 0.15) is 12.1 Å². The van der Waals surface area contributed by atoms with Gasteiger partial charge in [-0.1, -0.05) is 6.07 Å². The molecule has 0 aliphatic rings. The molecule has 0 radical (unpaired) electrons. The Morgan fingerprint density at radius 1 is 0.955 bits per heavy atom. The Bertz CT molecular complexity index is 815. The Hall–Kier alpha value is -2.64. The maximum atomic E-state index is 12.5. The fourth-order valence-corrected chi connectivity index (χ4v) is 2.97. The van der Waals surface area contributed by atoms with Gasteiger partial charge in [-0.3, -0.25) is 0 Å². The van der Waals surface area contributed by atoms with E-state index in [9.17, 15) is 17.4 Å². The molecule has 0 saturated carbocycles. The summed E-state index contributed by atoms with van der Waals surface area (Å²) in [6, 6.07) is 11.8. The molecule has 2 aromatic carbocycles. The lowest BCUT2D eigenvalue weighted by Crippen LogP contribution is -2.05. The SMILES string of the molecule is N#Cc1cccc(S(=O)c2ccc(C(F)(F)F)cc2)c1C#N. The van der Waals surface area contributed by atoms with E-state index in [2.05, 4.69) is 0 Å². The second kappa shape index (κ2) is 6.00. The van der Waals surface area contributed by atoms with E-state index in [0.717, 1.165) is 24.3 Å². The lowest BCUT2D eigenvalue weighted by atomic mass is 10.1. The van der Waals surface area contributed by atoms with E-state index in [1.54, 1.807) is 6.07 Å². The minimum Gasteiger partial charge on any atom is -0.249 e. The Kier molecular flexibility index (Phi) is 4.30. The highest BCUT2D eigenvalue weighted by atomic mass is 32.2. The first-order chi connectivity index (χ1) is 10.4. The zero-order valence-corrected chi connectivity index (χ0v) is 11.7. The van der Waals surface area contributed by atoms with Crippen LogP contribution in [0.3, 0.4) is 0 Å². The van der Waals surface area contributed by atoms with Crippen molar-refractivity contribution in [2.45, 2.75) is 16.0 Å². The Morgan fingerprint density at radius 3 is 2.09 bits per heavy atom. The van der Waals surface area contributed by atoms with Crippen molar-refractivity contribution < 1.29 is 17.4 Å². The molecule has 0 saturated heterocycles. The predicted molar refractivity (Wildman–Crippen MR) is 72.0 cm³/mol. The molecule has 3 nitrogen and oxygen atoms in total. The summed E-state index contributed by atoms with van der Waals surface area (Å²) in [6.07, 6.45) is -4.47. The summed E-state index contributed by atoms with van der Waals surface area (Å²) in [4.78, 5) is 0.223. The molecule has 0 aliphatic heterocycles. The van der Waals surface area contributed by atoms with Crippen molar-refractivity contribution in [3.63, 3.8) is 0 Å². The van der Waals surface area contributed by atoms with Gasteiger partial charge in [-0.05, 0) is 36.4 Å². The lowest BCUT2D eigenvalue weighted by molar-refractivity contribution is -0.137. The third kappa shape index (κ3) is 3.00. The van der Waals surface area contributed by atoms with Crippen molar-refractivity contribution in [2.24, 2.45) is 0 Å². The summed E-state index contributed by atoms with van der Waals surface area (Å²) in [5.74, 6) is 0. The van der Waals surface area contributed by atoms with Gasteiger partial charge < -0.3 is 0 Å². The van der Waals surface area contributed by atoms with Gasteiger partial charge >= 0.3 is 6.18 Å². The molecule has 0 fully saturated rings. The molecule has 1 unspecified atom stereocenters. The van der Waals surface area contributed by atoms with Crippen LogP contribution in [0, 0.1) is 22.7 Å². The standard InChI is InChI=1S/C15H7F3N2OS/c16-15(17,18)11-4-6-12(7-5-11)22(21)14-3-1-2-10(8-19)13(14)9-20/h1-7H. The molecule has 22 heavy (non-hydrogen) atoms. The van der Waals surface area contributed by atoms with Crippen LogP contribution in [0.5, 0.6) is 0 Å².